The van der Waals surface area contributed by atoms with Gasteiger partial charge in [-0.1, -0.05) is 42.5 Å². The number of aromatic nitrogens is 1. The Morgan fingerprint density at radius 2 is 1.71 bits per heavy atom. The Bertz CT molecular complexity index is 748. The molecule has 0 amide bonds. The van der Waals surface area contributed by atoms with Gasteiger partial charge in [-0.15, -0.1) is 0 Å². The summed E-state index contributed by atoms with van der Waals surface area (Å²) in [4.78, 5) is 4.69. The predicted molar refractivity (Wildman–Crippen MR) is 88.1 cm³/mol. The van der Waals surface area contributed by atoms with Crippen LogP contribution in [0.4, 0.5) is 5.82 Å². The lowest BCUT2D eigenvalue weighted by atomic mass is 10.1. The van der Waals surface area contributed by atoms with Crippen LogP contribution >= 0.6 is 0 Å². The molecule has 0 unspecified atom stereocenters. The minimum absolute atomic E-state index is 0.582. The molecule has 1 heterocycles. The number of hydrogen-bond acceptors (Lipinski definition) is 3. The highest BCUT2D eigenvalue weighted by Crippen LogP contribution is 2.20. The quantitative estimate of drug-likeness (QED) is 0.766. The van der Waals surface area contributed by atoms with E-state index in [1.54, 1.807) is 0 Å². The number of para-hydroxylation sites is 1. The molecule has 21 heavy (non-hydrogen) atoms. The van der Waals surface area contributed by atoms with Gasteiger partial charge in [0, 0.05) is 18.5 Å². The van der Waals surface area contributed by atoms with E-state index in [4.69, 9.17) is 10.7 Å². The molecule has 2 aromatic carbocycles. The van der Waals surface area contributed by atoms with E-state index in [2.05, 4.69) is 48.6 Å². The van der Waals surface area contributed by atoms with Crippen molar-refractivity contribution in [3.8, 4) is 0 Å². The molecular formula is C18H19N3. The van der Waals surface area contributed by atoms with Crippen LogP contribution in [0, 0.1) is 6.92 Å². The van der Waals surface area contributed by atoms with E-state index in [1.807, 2.05) is 18.2 Å². The first kappa shape index (κ1) is 13.6. The molecule has 0 atom stereocenters. The molecule has 3 rings (SSSR count). The number of benzene rings is 2. The van der Waals surface area contributed by atoms with Crippen molar-refractivity contribution in [2.75, 3.05) is 5.32 Å². The first-order valence-corrected chi connectivity index (χ1v) is 7.14. The maximum absolute atomic E-state index is 5.61. The van der Waals surface area contributed by atoms with Gasteiger partial charge in [0.25, 0.3) is 0 Å². The minimum atomic E-state index is 0.582. The second-order valence-corrected chi connectivity index (χ2v) is 5.22. The molecule has 0 saturated carbocycles. The molecule has 3 N–H and O–H groups in total. The third-order valence-electron chi connectivity index (χ3n) is 3.63. The summed E-state index contributed by atoms with van der Waals surface area (Å²) in [5, 5.41) is 4.59. The van der Waals surface area contributed by atoms with Crippen molar-refractivity contribution in [3.63, 3.8) is 0 Å². The zero-order chi connectivity index (χ0) is 14.7. The Balaban J connectivity index is 1.79. The van der Waals surface area contributed by atoms with Crippen LogP contribution in [0.2, 0.25) is 0 Å². The normalized spacial score (nSPS) is 10.8. The van der Waals surface area contributed by atoms with Gasteiger partial charge in [0.1, 0.15) is 5.82 Å². The lowest BCUT2D eigenvalue weighted by Gasteiger charge is -2.10. The molecule has 0 aliphatic rings. The van der Waals surface area contributed by atoms with Gasteiger partial charge in [-0.2, -0.15) is 0 Å². The van der Waals surface area contributed by atoms with Crippen LogP contribution in [0.25, 0.3) is 10.9 Å². The van der Waals surface area contributed by atoms with Crippen LogP contribution in [-0.2, 0) is 13.1 Å². The van der Waals surface area contributed by atoms with E-state index in [9.17, 15) is 0 Å². The largest absolute Gasteiger partial charge is 0.366 e. The number of nitrogens with two attached hydrogens (primary N) is 1. The van der Waals surface area contributed by atoms with Crippen LogP contribution in [0.3, 0.4) is 0 Å². The highest BCUT2D eigenvalue weighted by atomic mass is 15.0. The predicted octanol–water partition coefficient (Wildman–Crippen LogP) is 3.61. The number of nitrogens with zero attached hydrogens (tertiary/aromatic N) is 1. The fourth-order valence-electron chi connectivity index (χ4n) is 2.38. The van der Waals surface area contributed by atoms with Gasteiger partial charge < -0.3 is 11.1 Å². The monoisotopic (exact) mass is 277 g/mol. The molecule has 0 bridgehead atoms. The third-order valence-corrected chi connectivity index (χ3v) is 3.63. The fourth-order valence-corrected chi connectivity index (χ4v) is 2.38. The summed E-state index contributed by atoms with van der Waals surface area (Å²) in [6.45, 7) is 3.43. The lowest BCUT2D eigenvalue weighted by molar-refractivity contribution is 1.05. The molecule has 3 aromatic rings. The molecule has 0 radical (unpaired) electrons. The van der Waals surface area contributed by atoms with Crippen LogP contribution in [0.15, 0.2) is 54.6 Å². The molecule has 0 saturated heterocycles. The summed E-state index contributed by atoms with van der Waals surface area (Å²) >= 11 is 0. The summed E-state index contributed by atoms with van der Waals surface area (Å²) in [6.07, 6.45) is 0. The van der Waals surface area contributed by atoms with Crippen molar-refractivity contribution in [2.45, 2.75) is 20.0 Å². The summed E-state index contributed by atoms with van der Waals surface area (Å²) in [5.74, 6) is 0.941. The van der Waals surface area contributed by atoms with Gasteiger partial charge in [-0.3, -0.25) is 0 Å². The zero-order valence-electron chi connectivity index (χ0n) is 12.1. The van der Waals surface area contributed by atoms with Crippen LogP contribution in [0.1, 0.15) is 16.7 Å². The van der Waals surface area contributed by atoms with Crippen LogP contribution < -0.4 is 11.1 Å². The van der Waals surface area contributed by atoms with Crippen LogP contribution in [0.5, 0.6) is 0 Å². The van der Waals surface area contributed by atoms with Crippen molar-refractivity contribution in [1.82, 2.24) is 4.98 Å². The summed E-state index contributed by atoms with van der Waals surface area (Å²) in [5.41, 5.74) is 10.2. The van der Waals surface area contributed by atoms with Gasteiger partial charge in [0.05, 0.1) is 5.52 Å². The molecule has 3 heteroatoms. The molecule has 0 aliphatic carbocycles. The summed E-state index contributed by atoms with van der Waals surface area (Å²) < 4.78 is 0. The average molecular weight is 277 g/mol. The number of fused-ring (bicyclic) bond motifs is 1. The maximum Gasteiger partial charge on any atom is 0.129 e. The summed E-state index contributed by atoms with van der Waals surface area (Å²) in [7, 11) is 0. The van der Waals surface area contributed by atoms with Gasteiger partial charge >= 0.3 is 0 Å². The second-order valence-electron chi connectivity index (χ2n) is 5.22. The standard InChI is InChI=1S/C18H19N3/c1-13-10-16-4-2-3-5-17(16)21-18(13)20-12-15-8-6-14(11-19)7-9-15/h2-10H,11-12,19H2,1H3,(H,20,21). The van der Waals surface area contributed by atoms with E-state index in [0.717, 1.165) is 29.0 Å². The summed E-state index contributed by atoms with van der Waals surface area (Å²) in [6, 6.07) is 18.7. The van der Waals surface area contributed by atoms with E-state index < -0.39 is 0 Å². The number of aryl methyl sites for hydroxylation is 1. The molecule has 0 aliphatic heterocycles. The van der Waals surface area contributed by atoms with Gasteiger partial charge in [0.2, 0.25) is 0 Å². The molecular weight excluding hydrogens is 258 g/mol. The average Bonchev–Trinajstić information content (AvgIpc) is 2.53. The van der Waals surface area contributed by atoms with Gasteiger partial charge in [-0.05, 0) is 35.7 Å². The van der Waals surface area contributed by atoms with E-state index in [0.29, 0.717) is 6.54 Å². The van der Waals surface area contributed by atoms with Crippen molar-refractivity contribution in [2.24, 2.45) is 5.73 Å². The maximum atomic E-state index is 5.61. The number of hydrogen-bond donors (Lipinski definition) is 2. The van der Waals surface area contributed by atoms with Crippen molar-refractivity contribution in [1.29, 1.82) is 0 Å². The first-order chi connectivity index (χ1) is 10.3. The Morgan fingerprint density at radius 1 is 1.00 bits per heavy atom. The molecule has 106 valence electrons. The molecule has 0 spiro atoms. The number of pyridine rings is 1. The van der Waals surface area contributed by atoms with Crippen LogP contribution in [-0.4, -0.2) is 4.98 Å². The van der Waals surface area contributed by atoms with E-state index in [-0.39, 0.29) is 0 Å². The van der Waals surface area contributed by atoms with Crippen molar-refractivity contribution < 1.29 is 0 Å². The number of rotatable bonds is 4. The van der Waals surface area contributed by atoms with Crippen molar-refractivity contribution >= 4 is 16.7 Å². The SMILES string of the molecule is Cc1cc2ccccc2nc1NCc1ccc(CN)cc1. The van der Waals surface area contributed by atoms with Gasteiger partial charge in [-0.25, -0.2) is 4.98 Å². The highest BCUT2D eigenvalue weighted by molar-refractivity contribution is 5.81. The Labute approximate surface area is 124 Å². The fraction of sp³-hybridized carbons (Fsp3) is 0.167. The minimum Gasteiger partial charge on any atom is -0.366 e. The Hall–Kier alpha value is -2.39. The lowest BCUT2D eigenvalue weighted by Crippen LogP contribution is -2.04. The Kier molecular flexibility index (Phi) is 3.84. The zero-order valence-corrected chi connectivity index (χ0v) is 12.1. The van der Waals surface area contributed by atoms with E-state index in [1.165, 1.54) is 10.9 Å². The number of nitrogens with one attached hydrogen (secondary N) is 1. The first-order valence-electron chi connectivity index (χ1n) is 7.14. The smallest absolute Gasteiger partial charge is 0.129 e. The molecule has 1 aromatic heterocycles. The van der Waals surface area contributed by atoms with E-state index >= 15 is 0 Å². The Morgan fingerprint density at radius 3 is 2.48 bits per heavy atom. The second kappa shape index (κ2) is 5.94. The van der Waals surface area contributed by atoms with Crippen molar-refractivity contribution in [3.05, 3.63) is 71.3 Å². The number of anilines is 1. The third kappa shape index (κ3) is 3.03. The molecule has 3 nitrogen and oxygen atoms in total. The molecule has 0 fully saturated rings. The van der Waals surface area contributed by atoms with Gasteiger partial charge in [0.15, 0.2) is 0 Å². The highest BCUT2D eigenvalue weighted by Gasteiger charge is 2.03. The topological polar surface area (TPSA) is 50.9 Å².